The number of aromatic nitrogens is 1. The number of hydrogen-bond acceptors (Lipinski definition) is 5. The van der Waals surface area contributed by atoms with Crippen LogP contribution >= 0.6 is 11.3 Å². The summed E-state index contributed by atoms with van der Waals surface area (Å²) in [7, 11) is 0. The van der Waals surface area contributed by atoms with Gasteiger partial charge in [-0.3, -0.25) is 9.59 Å². The molecule has 5 nitrogen and oxygen atoms in total. The van der Waals surface area contributed by atoms with Crippen LogP contribution in [0.3, 0.4) is 0 Å². The van der Waals surface area contributed by atoms with E-state index in [-0.39, 0.29) is 25.0 Å². The summed E-state index contributed by atoms with van der Waals surface area (Å²) < 4.78 is 5.06. The van der Waals surface area contributed by atoms with E-state index in [9.17, 15) is 9.59 Å². The number of nitrogens with zero attached hydrogens (tertiary/aromatic N) is 1. The molecule has 1 unspecified atom stereocenters. The molecule has 26 heavy (non-hydrogen) atoms. The molecule has 138 valence electrons. The van der Waals surface area contributed by atoms with Crippen molar-refractivity contribution in [3.8, 4) is 0 Å². The van der Waals surface area contributed by atoms with E-state index in [1.165, 1.54) is 35.3 Å². The van der Waals surface area contributed by atoms with Gasteiger partial charge in [0.15, 0.2) is 6.61 Å². The zero-order valence-corrected chi connectivity index (χ0v) is 16.0. The predicted molar refractivity (Wildman–Crippen MR) is 101 cm³/mol. The van der Waals surface area contributed by atoms with Gasteiger partial charge in [0.25, 0.3) is 5.91 Å². The van der Waals surface area contributed by atoms with E-state index in [1.807, 2.05) is 19.2 Å². The zero-order chi connectivity index (χ0) is 18.5. The van der Waals surface area contributed by atoms with Gasteiger partial charge in [-0.05, 0) is 56.2 Å². The van der Waals surface area contributed by atoms with Crippen LogP contribution in [0.1, 0.15) is 53.2 Å². The number of aryl methyl sites for hydroxylation is 3. The van der Waals surface area contributed by atoms with Crippen LogP contribution in [0.25, 0.3) is 0 Å². The van der Waals surface area contributed by atoms with E-state index in [1.54, 1.807) is 0 Å². The molecule has 1 aliphatic rings. The lowest BCUT2D eigenvalue weighted by Gasteiger charge is -2.20. The van der Waals surface area contributed by atoms with Crippen molar-refractivity contribution < 1.29 is 14.3 Å². The minimum atomic E-state index is -0.438. The third kappa shape index (κ3) is 4.91. The van der Waals surface area contributed by atoms with E-state index in [0.29, 0.717) is 5.69 Å². The summed E-state index contributed by atoms with van der Waals surface area (Å²) in [6.07, 6.45) is 4.83. The number of carbonyl (C=O) groups is 2. The van der Waals surface area contributed by atoms with E-state index in [2.05, 4.69) is 28.5 Å². The highest BCUT2D eigenvalue weighted by Crippen LogP contribution is 2.24. The average molecular weight is 372 g/mol. The van der Waals surface area contributed by atoms with Crippen molar-refractivity contribution in [1.82, 2.24) is 10.3 Å². The van der Waals surface area contributed by atoms with Crippen molar-refractivity contribution in [2.24, 2.45) is 0 Å². The summed E-state index contributed by atoms with van der Waals surface area (Å²) in [6, 6.07) is 6.32. The fraction of sp³-hybridized carbons (Fsp3) is 0.450. The molecule has 1 aromatic heterocycles. The molecule has 1 heterocycles. The maximum absolute atomic E-state index is 12.1. The number of carbonyl (C=O) groups excluding carboxylic acids is 2. The van der Waals surface area contributed by atoms with Crippen LogP contribution in [0, 0.1) is 6.92 Å². The van der Waals surface area contributed by atoms with Gasteiger partial charge in [0.1, 0.15) is 0 Å². The molecule has 6 heteroatoms. The summed E-state index contributed by atoms with van der Waals surface area (Å²) in [6.45, 7) is 3.56. The fourth-order valence-electron chi connectivity index (χ4n) is 3.22. The van der Waals surface area contributed by atoms with Gasteiger partial charge in [-0.25, -0.2) is 4.98 Å². The highest BCUT2D eigenvalue weighted by atomic mass is 32.1. The normalized spacial score (nSPS) is 14.4. The first-order chi connectivity index (χ1) is 12.5. The van der Waals surface area contributed by atoms with E-state index >= 15 is 0 Å². The fourth-order valence-corrected chi connectivity index (χ4v) is 3.84. The Labute approximate surface area is 157 Å². The lowest BCUT2D eigenvalue weighted by atomic mass is 9.89. The van der Waals surface area contributed by atoms with Gasteiger partial charge in [-0.1, -0.05) is 18.2 Å². The largest absolute Gasteiger partial charge is 0.455 e. The Kier molecular flexibility index (Phi) is 6.04. The van der Waals surface area contributed by atoms with E-state index < -0.39 is 5.97 Å². The molecule has 2 aromatic rings. The maximum Gasteiger partial charge on any atom is 0.312 e. The molecule has 1 atom stereocenters. The highest BCUT2D eigenvalue weighted by Gasteiger charge is 2.15. The monoisotopic (exact) mass is 372 g/mol. The molecule has 0 saturated carbocycles. The zero-order valence-electron chi connectivity index (χ0n) is 15.2. The van der Waals surface area contributed by atoms with Crippen LogP contribution in [0.2, 0.25) is 0 Å². The van der Waals surface area contributed by atoms with Gasteiger partial charge in [-0.2, -0.15) is 0 Å². The second-order valence-electron chi connectivity index (χ2n) is 6.72. The van der Waals surface area contributed by atoms with Gasteiger partial charge in [-0.15, -0.1) is 11.3 Å². The molecule has 1 aliphatic carbocycles. The Morgan fingerprint density at radius 1 is 1.27 bits per heavy atom. The Morgan fingerprint density at radius 3 is 2.77 bits per heavy atom. The van der Waals surface area contributed by atoms with Crippen LogP contribution in [0.15, 0.2) is 23.6 Å². The summed E-state index contributed by atoms with van der Waals surface area (Å²) in [5, 5.41) is 5.63. The van der Waals surface area contributed by atoms with E-state index in [4.69, 9.17) is 4.74 Å². The number of thiazole rings is 1. The number of rotatable bonds is 6. The minimum Gasteiger partial charge on any atom is -0.455 e. The van der Waals surface area contributed by atoms with Gasteiger partial charge >= 0.3 is 5.97 Å². The Hall–Kier alpha value is -2.21. The number of amides is 1. The third-order valence-electron chi connectivity index (χ3n) is 4.61. The van der Waals surface area contributed by atoms with Crippen LogP contribution in [-0.4, -0.2) is 23.5 Å². The van der Waals surface area contributed by atoms with Crippen LogP contribution in [-0.2, 0) is 33.6 Å². The number of esters is 1. The van der Waals surface area contributed by atoms with Crippen molar-refractivity contribution >= 4 is 23.2 Å². The van der Waals surface area contributed by atoms with Crippen LogP contribution < -0.4 is 5.32 Å². The Morgan fingerprint density at radius 2 is 2.04 bits per heavy atom. The quantitative estimate of drug-likeness (QED) is 0.790. The molecular weight excluding hydrogens is 348 g/mol. The van der Waals surface area contributed by atoms with Crippen molar-refractivity contribution in [1.29, 1.82) is 0 Å². The molecule has 0 fully saturated rings. The lowest BCUT2D eigenvalue weighted by Crippen LogP contribution is -2.31. The standard InChI is InChI=1S/C20H24N2O3S/c1-13(16-8-7-15-5-3-4-6-17(15)9-16)21-19(23)11-25-20(24)10-18-12-26-14(2)22-18/h7-9,12-13H,3-6,10-11H2,1-2H3,(H,21,23). The van der Waals surface area contributed by atoms with Gasteiger partial charge in [0.2, 0.25) is 0 Å². The Bertz CT molecular complexity index is 800. The second kappa shape index (κ2) is 8.45. The van der Waals surface area contributed by atoms with Crippen molar-refractivity contribution in [2.45, 2.75) is 52.0 Å². The average Bonchev–Trinajstić information content (AvgIpc) is 3.04. The topological polar surface area (TPSA) is 68.3 Å². The van der Waals surface area contributed by atoms with Gasteiger partial charge in [0, 0.05) is 5.38 Å². The smallest absolute Gasteiger partial charge is 0.312 e. The molecule has 3 rings (SSSR count). The van der Waals surface area contributed by atoms with Crippen molar-refractivity contribution in [3.63, 3.8) is 0 Å². The number of hydrogen-bond donors (Lipinski definition) is 1. The summed E-state index contributed by atoms with van der Waals surface area (Å²) >= 11 is 1.49. The molecule has 0 aliphatic heterocycles. The molecule has 0 saturated heterocycles. The van der Waals surface area contributed by atoms with Gasteiger partial charge < -0.3 is 10.1 Å². The second-order valence-corrected chi connectivity index (χ2v) is 7.78. The first-order valence-corrected chi connectivity index (χ1v) is 9.87. The minimum absolute atomic E-state index is 0.0952. The lowest BCUT2D eigenvalue weighted by molar-refractivity contribution is -0.148. The summed E-state index contributed by atoms with van der Waals surface area (Å²) in [5.41, 5.74) is 4.58. The molecule has 0 bridgehead atoms. The Balaban J connectivity index is 1.47. The molecule has 0 radical (unpaired) electrons. The molecule has 1 N–H and O–H groups in total. The molecule has 1 aromatic carbocycles. The van der Waals surface area contributed by atoms with Crippen molar-refractivity contribution in [2.75, 3.05) is 6.61 Å². The van der Waals surface area contributed by atoms with Crippen molar-refractivity contribution in [3.05, 3.63) is 51.0 Å². The van der Waals surface area contributed by atoms with Crippen LogP contribution in [0.5, 0.6) is 0 Å². The summed E-state index contributed by atoms with van der Waals surface area (Å²) in [5.74, 6) is -0.732. The SMILES string of the molecule is Cc1nc(CC(=O)OCC(=O)NC(C)c2ccc3c(c2)CCCC3)cs1. The van der Waals surface area contributed by atoms with E-state index in [0.717, 1.165) is 23.4 Å². The summed E-state index contributed by atoms with van der Waals surface area (Å²) in [4.78, 5) is 28.1. The number of benzene rings is 1. The third-order valence-corrected chi connectivity index (χ3v) is 5.43. The first kappa shape index (κ1) is 18.6. The maximum atomic E-state index is 12.1. The predicted octanol–water partition coefficient (Wildman–Crippen LogP) is 3.29. The number of nitrogens with one attached hydrogen (secondary N) is 1. The first-order valence-electron chi connectivity index (χ1n) is 8.99. The van der Waals surface area contributed by atoms with Crippen LogP contribution in [0.4, 0.5) is 0 Å². The highest BCUT2D eigenvalue weighted by molar-refractivity contribution is 7.09. The molecular formula is C20H24N2O3S. The number of ether oxygens (including phenoxy) is 1. The molecule has 1 amide bonds. The van der Waals surface area contributed by atoms with Gasteiger partial charge in [0.05, 0.1) is 23.2 Å². The molecule has 0 spiro atoms. The number of fused-ring (bicyclic) bond motifs is 1.